The number of rotatable bonds is 5. The predicted molar refractivity (Wildman–Crippen MR) is 126 cm³/mol. The average Bonchev–Trinajstić information content (AvgIpc) is 2.83. The molecule has 2 heterocycles. The molecule has 2 atom stereocenters. The van der Waals surface area contributed by atoms with Gasteiger partial charge in [-0.25, -0.2) is 8.42 Å². The van der Waals surface area contributed by atoms with Crippen molar-refractivity contribution in [3.63, 3.8) is 0 Å². The molecular formula is C25H29N3O4S. The zero-order valence-corrected chi connectivity index (χ0v) is 19.6. The van der Waals surface area contributed by atoms with Crippen LogP contribution < -0.4 is 5.32 Å². The summed E-state index contributed by atoms with van der Waals surface area (Å²) in [6.07, 6.45) is 3.11. The summed E-state index contributed by atoms with van der Waals surface area (Å²) < 4.78 is 27.9. The van der Waals surface area contributed by atoms with E-state index in [0.29, 0.717) is 38.0 Å². The minimum absolute atomic E-state index is 0.0772. The summed E-state index contributed by atoms with van der Waals surface area (Å²) in [5.74, 6) is -0.346. The van der Waals surface area contributed by atoms with Gasteiger partial charge in [0.15, 0.2) is 0 Å². The van der Waals surface area contributed by atoms with Crippen molar-refractivity contribution in [3.8, 4) is 0 Å². The number of amides is 2. The van der Waals surface area contributed by atoms with Crippen molar-refractivity contribution < 1.29 is 18.0 Å². The summed E-state index contributed by atoms with van der Waals surface area (Å²) in [6, 6.07) is 14.0. The summed E-state index contributed by atoms with van der Waals surface area (Å²) in [5.41, 5.74) is 2.90. The fraction of sp³-hybridized carbons (Fsp3) is 0.360. The molecule has 2 aliphatic rings. The molecule has 2 unspecified atom stereocenters. The Labute approximate surface area is 195 Å². The van der Waals surface area contributed by atoms with Crippen molar-refractivity contribution in [2.75, 3.05) is 13.1 Å². The van der Waals surface area contributed by atoms with Gasteiger partial charge in [0.2, 0.25) is 15.9 Å². The summed E-state index contributed by atoms with van der Waals surface area (Å²) in [5, 5.41) is 2.85. The highest BCUT2D eigenvalue weighted by Gasteiger charge is 2.35. The normalized spacial score (nSPS) is 21.2. The van der Waals surface area contributed by atoms with E-state index >= 15 is 0 Å². The van der Waals surface area contributed by atoms with Crippen LogP contribution in [0.15, 0.2) is 66.1 Å². The Morgan fingerprint density at radius 1 is 1.06 bits per heavy atom. The van der Waals surface area contributed by atoms with Gasteiger partial charge in [-0.2, -0.15) is 4.31 Å². The summed E-state index contributed by atoms with van der Waals surface area (Å²) in [4.78, 5) is 26.5. The number of fused-ring (bicyclic) bond motifs is 1. The van der Waals surface area contributed by atoms with E-state index in [2.05, 4.69) is 18.0 Å². The predicted octanol–water partition coefficient (Wildman–Crippen LogP) is 2.73. The van der Waals surface area contributed by atoms with Crippen molar-refractivity contribution >= 4 is 21.8 Å². The molecule has 2 aliphatic heterocycles. The molecular weight excluding hydrogens is 438 g/mol. The van der Waals surface area contributed by atoms with Crippen molar-refractivity contribution in [1.82, 2.24) is 14.5 Å². The number of nitrogens with zero attached hydrogens (tertiary/aromatic N) is 2. The molecule has 1 saturated heterocycles. The minimum atomic E-state index is -3.70. The topological polar surface area (TPSA) is 86.8 Å². The summed E-state index contributed by atoms with van der Waals surface area (Å²) in [7, 11) is -3.70. The van der Waals surface area contributed by atoms with E-state index < -0.39 is 10.0 Å². The van der Waals surface area contributed by atoms with Crippen molar-refractivity contribution in [2.45, 2.75) is 49.7 Å². The lowest BCUT2D eigenvalue weighted by atomic mass is 9.99. The van der Waals surface area contributed by atoms with Gasteiger partial charge in [0.25, 0.3) is 5.91 Å². The quantitative estimate of drug-likeness (QED) is 0.685. The van der Waals surface area contributed by atoms with Gasteiger partial charge in [0.05, 0.1) is 4.90 Å². The second-order valence-electron chi connectivity index (χ2n) is 8.67. The van der Waals surface area contributed by atoms with Crippen LogP contribution in [-0.4, -0.2) is 54.6 Å². The molecule has 2 amide bonds. The molecule has 0 aromatic heterocycles. The third-order valence-electron chi connectivity index (χ3n) is 6.47. The standard InChI is InChI=1S/C25H29N3O4S/c1-3-24(29)26-22-13-15-28(18(2)16-22)33(31,32)23-10-8-20(9-11-23)25(30)27-14-12-19-6-4-5-7-21(19)17-27/h3-11,18,22H,1,12-17H2,2H3,(H,26,29). The number of carbonyl (C=O) groups is 2. The van der Waals surface area contributed by atoms with Gasteiger partial charge in [-0.05, 0) is 67.7 Å². The average molecular weight is 468 g/mol. The monoisotopic (exact) mass is 467 g/mol. The molecule has 8 heteroatoms. The number of nitrogens with one attached hydrogen (secondary N) is 1. The summed E-state index contributed by atoms with van der Waals surface area (Å²) in [6.45, 7) is 6.82. The zero-order valence-electron chi connectivity index (χ0n) is 18.7. The molecule has 4 rings (SSSR count). The van der Waals surface area contributed by atoms with Crippen LogP contribution in [-0.2, 0) is 27.8 Å². The Balaban J connectivity index is 1.44. The number of hydrogen-bond acceptors (Lipinski definition) is 4. The number of hydrogen-bond donors (Lipinski definition) is 1. The van der Waals surface area contributed by atoms with Gasteiger partial charge in [-0.1, -0.05) is 30.8 Å². The number of sulfonamides is 1. The first-order valence-electron chi connectivity index (χ1n) is 11.2. The maximum atomic E-state index is 13.2. The highest BCUT2D eigenvalue weighted by molar-refractivity contribution is 7.89. The van der Waals surface area contributed by atoms with Gasteiger partial charge in [0, 0.05) is 37.3 Å². The molecule has 0 spiro atoms. The van der Waals surface area contributed by atoms with Crippen molar-refractivity contribution in [1.29, 1.82) is 0 Å². The van der Waals surface area contributed by atoms with Gasteiger partial charge in [0.1, 0.15) is 0 Å². The maximum absolute atomic E-state index is 13.2. The SMILES string of the molecule is C=CC(=O)NC1CCN(S(=O)(=O)c2ccc(C(=O)N3CCc4ccccc4C3)cc2)C(C)C1. The fourth-order valence-electron chi connectivity index (χ4n) is 4.66. The van der Waals surface area contributed by atoms with Crippen molar-refractivity contribution in [3.05, 3.63) is 77.9 Å². The maximum Gasteiger partial charge on any atom is 0.254 e. The third-order valence-corrected chi connectivity index (χ3v) is 8.50. The van der Waals surface area contributed by atoms with Gasteiger partial charge < -0.3 is 10.2 Å². The lowest BCUT2D eigenvalue weighted by molar-refractivity contribution is -0.117. The molecule has 0 bridgehead atoms. The molecule has 0 saturated carbocycles. The lowest BCUT2D eigenvalue weighted by Crippen LogP contribution is -2.50. The second-order valence-corrected chi connectivity index (χ2v) is 10.6. The third kappa shape index (κ3) is 4.86. The Morgan fingerprint density at radius 2 is 1.76 bits per heavy atom. The Kier molecular flexibility index (Phi) is 6.67. The van der Waals surface area contributed by atoms with Crippen LogP contribution in [0.5, 0.6) is 0 Å². The van der Waals surface area contributed by atoms with E-state index in [1.54, 1.807) is 17.0 Å². The van der Waals surface area contributed by atoms with Gasteiger partial charge >= 0.3 is 0 Å². The minimum Gasteiger partial charge on any atom is -0.350 e. The number of benzene rings is 2. The van der Waals surface area contributed by atoms with Gasteiger partial charge in [-0.3, -0.25) is 9.59 Å². The molecule has 0 radical (unpaired) electrons. The number of carbonyl (C=O) groups excluding carboxylic acids is 2. The highest BCUT2D eigenvalue weighted by Crippen LogP contribution is 2.26. The summed E-state index contributed by atoms with van der Waals surface area (Å²) >= 11 is 0. The Morgan fingerprint density at radius 3 is 2.42 bits per heavy atom. The fourth-order valence-corrected chi connectivity index (χ4v) is 6.31. The molecule has 2 aromatic carbocycles. The Bertz CT molecular complexity index is 1160. The van der Waals surface area contributed by atoms with E-state index in [1.165, 1.54) is 28.1 Å². The van der Waals surface area contributed by atoms with Crippen molar-refractivity contribution in [2.24, 2.45) is 0 Å². The molecule has 0 aliphatic carbocycles. The van der Waals surface area contributed by atoms with E-state index in [9.17, 15) is 18.0 Å². The highest BCUT2D eigenvalue weighted by atomic mass is 32.2. The molecule has 33 heavy (non-hydrogen) atoms. The van der Waals surface area contributed by atoms with E-state index in [1.807, 2.05) is 25.1 Å². The van der Waals surface area contributed by atoms with Gasteiger partial charge in [-0.15, -0.1) is 0 Å². The first kappa shape index (κ1) is 23.2. The van der Waals surface area contributed by atoms with Crippen LogP contribution in [0.1, 0.15) is 41.3 Å². The van der Waals surface area contributed by atoms with Crippen LogP contribution >= 0.6 is 0 Å². The Hall–Kier alpha value is -2.97. The largest absolute Gasteiger partial charge is 0.350 e. The number of piperidine rings is 1. The van der Waals surface area contributed by atoms with Crippen LogP contribution in [0.2, 0.25) is 0 Å². The van der Waals surface area contributed by atoms with Crippen LogP contribution in [0, 0.1) is 0 Å². The van der Waals surface area contributed by atoms with E-state index in [-0.39, 0.29) is 28.8 Å². The first-order chi connectivity index (χ1) is 15.8. The lowest BCUT2D eigenvalue weighted by Gasteiger charge is -2.36. The van der Waals surface area contributed by atoms with E-state index in [4.69, 9.17) is 0 Å². The first-order valence-corrected chi connectivity index (χ1v) is 12.6. The second kappa shape index (κ2) is 9.49. The molecule has 174 valence electrons. The van der Waals surface area contributed by atoms with E-state index in [0.717, 1.165) is 12.0 Å². The molecule has 2 aromatic rings. The smallest absolute Gasteiger partial charge is 0.254 e. The zero-order chi connectivity index (χ0) is 23.6. The molecule has 7 nitrogen and oxygen atoms in total. The van der Waals surface area contributed by atoms with Crippen LogP contribution in [0.3, 0.4) is 0 Å². The molecule has 1 fully saturated rings. The molecule has 1 N–H and O–H groups in total. The van der Waals surface area contributed by atoms with Crippen LogP contribution in [0.25, 0.3) is 0 Å². The van der Waals surface area contributed by atoms with Crippen LogP contribution in [0.4, 0.5) is 0 Å².